The first kappa shape index (κ1) is 19.6. The third-order valence-electron chi connectivity index (χ3n) is 4.19. The maximum atomic E-state index is 12.4. The number of halogens is 2. The standard InChI is InChI=1S/C21H16Cl2N4OS/c22-16-6-7-19(23)15(9-16)10-18-12-24-21(29-18)26-20(28)8-14-11-25-27(13-14)17-4-2-1-3-5-17/h1-7,9,11-13H,8,10H2,(H,24,26,28). The van der Waals surface area contributed by atoms with Crippen molar-refractivity contribution in [1.29, 1.82) is 0 Å². The highest BCUT2D eigenvalue weighted by Gasteiger charge is 2.11. The summed E-state index contributed by atoms with van der Waals surface area (Å²) in [6, 6.07) is 15.1. The van der Waals surface area contributed by atoms with Gasteiger partial charge < -0.3 is 5.32 Å². The van der Waals surface area contributed by atoms with Crippen LogP contribution in [0.3, 0.4) is 0 Å². The summed E-state index contributed by atoms with van der Waals surface area (Å²) in [6.45, 7) is 0. The van der Waals surface area contributed by atoms with Gasteiger partial charge in [0.15, 0.2) is 5.13 Å². The molecule has 2 aromatic carbocycles. The lowest BCUT2D eigenvalue weighted by Crippen LogP contribution is -2.13. The zero-order valence-corrected chi connectivity index (χ0v) is 17.5. The third-order valence-corrected chi connectivity index (χ3v) is 5.71. The Morgan fingerprint density at radius 1 is 1.10 bits per heavy atom. The molecule has 0 aliphatic rings. The van der Waals surface area contributed by atoms with Crippen molar-refractivity contribution in [2.24, 2.45) is 0 Å². The van der Waals surface area contributed by atoms with Crippen LogP contribution in [0.5, 0.6) is 0 Å². The normalized spacial score (nSPS) is 10.8. The molecule has 4 rings (SSSR count). The Hall–Kier alpha value is -2.67. The molecule has 0 spiro atoms. The average molecular weight is 443 g/mol. The van der Waals surface area contributed by atoms with E-state index in [0.717, 1.165) is 21.7 Å². The fourth-order valence-electron chi connectivity index (χ4n) is 2.84. The number of carbonyl (C=O) groups is 1. The predicted octanol–water partition coefficient (Wildman–Crippen LogP) is 5.41. The van der Waals surface area contributed by atoms with Crippen LogP contribution in [0, 0.1) is 0 Å². The Labute approximate surface area is 181 Å². The van der Waals surface area contributed by atoms with Gasteiger partial charge in [0.1, 0.15) is 0 Å². The van der Waals surface area contributed by atoms with Crippen molar-refractivity contribution < 1.29 is 4.79 Å². The molecule has 0 aliphatic heterocycles. The molecule has 2 aromatic heterocycles. The minimum absolute atomic E-state index is 0.140. The molecule has 0 atom stereocenters. The number of amides is 1. The highest BCUT2D eigenvalue weighted by Crippen LogP contribution is 2.27. The number of nitrogens with zero attached hydrogens (tertiary/aromatic N) is 3. The first-order chi connectivity index (χ1) is 14.1. The smallest absolute Gasteiger partial charge is 0.230 e. The van der Waals surface area contributed by atoms with Crippen molar-refractivity contribution in [3.05, 3.63) is 93.2 Å². The summed E-state index contributed by atoms with van der Waals surface area (Å²) in [4.78, 5) is 17.6. The van der Waals surface area contributed by atoms with Gasteiger partial charge in [-0.3, -0.25) is 4.79 Å². The Balaban J connectivity index is 1.37. The highest BCUT2D eigenvalue weighted by atomic mass is 35.5. The monoisotopic (exact) mass is 442 g/mol. The molecule has 1 amide bonds. The summed E-state index contributed by atoms with van der Waals surface area (Å²) in [5, 5.41) is 9.01. The fraction of sp³-hybridized carbons (Fsp3) is 0.0952. The highest BCUT2D eigenvalue weighted by molar-refractivity contribution is 7.15. The number of aromatic nitrogens is 3. The van der Waals surface area contributed by atoms with E-state index in [4.69, 9.17) is 23.2 Å². The van der Waals surface area contributed by atoms with E-state index in [0.29, 0.717) is 21.6 Å². The largest absolute Gasteiger partial charge is 0.302 e. The summed E-state index contributed by atoms with van der Waals surface area (Å²) in [7, 11) is 0. The summed E-state index contributed by atoms with van der Waals surface area (Å²) >= 11 is 13.7. The van der Waals surface area contributed by atoms with E-state index in [1.807, 2.05) is 42.6 Å². The number of thiazole rings is 1. The van der Waals surface area contributed by atoms with Gasteiger partial charge in [-0.1, -0.05) is 41.4 Å². The van der Waals surface area contributed by atoms with Crippen LogP contribution in [-0.4, -0.2) is 20.7 Å². The first-order valence-electron chi connectivity index (χ1n) is 8.84. The van der Waals surface area contributed by atoms with E-state index in [1.54, 1.807) is 29.2 Å². The van der Waals surface area contributed by atoms with Crippen LogP contribution in [-0.2, 0) is 17.6 Å². The summed E-state index contributed by atoms with van der Waals surface area (Å²) in [5.41, 5.74) is 2.70. The van der Waals surface area contributed by atoms with Crippen molar-refractivity contribution in [2.45, 2.75) is 12.8 Å². The number of anilines is 1. The molecule has 0 radical (unpaired) electrons. The van der Waals surface area contributed by atoms with E-state index in [1.165, 1.54) is 11.3 Å². The number of hydrogen-bond acceptors (Lipinski definition) is 4. The number of nitrogens with one attached hydrogen (secondary N) is 1. The second-order valence-electron chi connectivity index (χ2n) is 6.40. The van der Waals surface area contributed by atoms with Crippen LogP contribution in [0.25, 0.3) is 5.69 Å². The molecular formula is C21H16Cl2N4OS. The van der Waals surface area contributed by atoms with E-state index < -0.39 is 0 Å². The van der Waals surface area contributed by atoms with Crippen LogP contribution in [0.15, 0.2) is 67.1 Å². The Morgan fingerprint density at radius 3 is 2.76 bits per heavy atom. The number of rotatable bonds is 6. The van der Waals surface area contributed by atoms with Crippen molar-refractivity contribution >= 4 is 45.6 Å². The molecule has 0 aliphatic carbocycles. The molecule has 0 saturated carbocycles. The van der Waals surface area contributed by atoms with Crippen LogP contribution in [0.2, 0.25) is 10.0 Å². The number of hydrogen-bond donors (Lipinski definition) is 1. The summed E-state index contributed by atoms with van der Waals surface area (Å²) in [5.74, 6) is -0.140. The van der Waals surface area contributed by atoms with Crippen molar-refractivity contribution in [2.75, 3.05) is 5.32 Å². The minimum Gasteiger partial charge on any atom is -0.302 e. The Morgan fingerprint density at radius 2 is 1.93 bits per heavy atom. The molecule has 5 nitrogen and oxygen atoms in total. The lowest BCUT2D eigenvalue weighted by atomic mass is 10.1. The van der Waals surface area contributed by atoms with Crippen molar-refractivity contribution in [3.63, 3.8) is 0 Å². The zero-order chi connectivity index (χ0) is 20.2. The van der Waals surface area contributed by atoms with Crippen molar-refractivity contribution in [1.82, 2.24) is 14.8 Å². The van der Waals surface area contributed by atoms with Gasteiger partial charge >= 0.3 is 0 Å². The van der Waals surface area contributed by atoms with Gasteiger partial charge in [0.2, 0.25) is 5.91 Å². The van der Waals surface area contributed by atoms with Gasteiger partial charge in [-0.15, -0.1) is 11.3 Å². The zero-order valence-electron chi connectivity index (χ0n) is 15.2. The molecule has 1 N–H and O–H groups in total. The summed E-state index contributed by atoms with van der Waals surface area (Å²) in [6.07, 6.45) is 6.12. The topological polar surface area (TPSA) is 59.8 Å². The van der Waals surface area contributed by atoms with Crippen LogP contribution >= 0.6 is 34.5 Å². The van der Waals surface area contributed by atoms with Gasteiger partial charge in [-0.25, -0.2) is 9.67 Å². The molecule has 29 heavy (non-hydrogen) atoms. The van der Waals surface area contributed by atoms with E-state index in [9.17, 15) is 4.79 Å². The van der Waals surface area contributed by atoms with Crippen molar-refractivity contribution in [3.8, 4) is 5.69 Å². The summed E-state index contributed by atoms with van der Waals surface area (Å²) < 4.78 is 1.75. The lowest BCUT2D eigenvalue weighted by Gasteiger charge is -2.02. The Kier molecular flexibility index (Phi) is 5.94. The van der Waals surface area contributed by atoms with Crippen LogP contribution < -0.4 is 5.32 Å². The lowest BCUT2D eigenvalue weighted by molar-refractivity contribution is -0.115. The molecule has 0 unspecified atom stereocenters. The molecule has 0 fully saturated rings. The number of benzene rings is 2. The maximum Gasteiger partial charge on any atom is 0.230 e. The molecule has 4 aromatic rings. The molecule has 2 heterocycles. The van der Waals surface area contributed by atoms with Crippen LogP contribution in [0.1, 0.15) is 16.0 Å². The first-order valence-corrected chi connectivity index (χ1v) is 10.4. The second-order valence-corrected chi connectivity index (χ2v) is 8.36. The van der Waals surface area contributed by atoms with E-state index in [-0.39, 0.29) is 12.3 Å². The predicted molar refractivity (Wildman–Crippen MR) is 117 cm³/mol. The van der Waals surface area contributed by atoms with Gasteiger partial charge in [0.25, 0.3) is 0 Å². The van der Waals surface area contributed by atoms with Gasteiger partial charge in [0, 0.05) is 33.7 Å². The van der Waals surface area contributed by atoms with E-state index >= 15 is 0 Å². The quantitative estimate of drug-likeness (QED) is 0.434. The molecule has 0 saturated heterocycles. The molecule has 8 heteroatoms. The molecule has 146 valence electrons. The fourth-order valence-corrected chi connectivity index (χ4v) is 4.07. The van der Waals surface area contributed by atoms with Gasteiger partial charge in [-0.2, -0.15) is 5.10 Å². The Bertz CT molecular complexity index is 1140. The minimum atomic E-state index is -0.140. The van der Waals surface area contributed by atoms with E-state index in [2.05, 4.69) is 15.4 Å². The van der Waals surface area contributed by atoms with Crippen LogP contribution in [0.4, 0.5) is 5.13 Å². The third kappa shape index (κ3) is 5.03. The molecule has 0 bridgehead atoms. The number of para-hydroxylation sites is 1. The number of carbonyl (C=O) groups excluding carboxylic acids is 1. The van der Waals surface area contributed by atoms with Gasteiger partial charge in [-0.05, 0) is 41.5 Å². The average Bonchev–Trinajstić information content (AvgIpc) is 3.35. The SMILES string of the molecule is O=C(Cc1cnn(-c2ccccc2)c1)Nc1ncc(Cc2cc(Cl)ccc2Cl)s1. The van der Waals surface area contributed by atoms with Gasteiger partial charge in [0.05, 0.1) is 18.3 Å². The maximum absolute atomic E-state index is 12.4. The molecular weight excluding hydrogens is 427 g/mol. The second kappa shape index (κ2) is 8.78.